The summed E-state index contributed by atoms with van der Waals surface area (Å²) >= 11 is 0. The molecule has 9 nitrogen and oxygen atoms in total. The van der Waals surface area contributed by atoms with Gasteiger partial charge in [0.2, 0.25) is 11.5 Å². The second kappa shape index (κ2) is 14.1. The zero-order valence-corrected chi connectivity index (χ0v) is 26.6. The first-order valence-electron chi connectivity index (χ1n) is 16.7. The number of hydrogen-bond donors (Lipinski definition) is 5. The van der Waals surface area contributed by atoms with Crippen LogP contribution in [0.3, 0.4) is 0 Å². The fraction of sp³-hybridized carbons (Fsp3) is 0.395. The van der Waals surface area contributed by atoms with E-state index >= 15 is 0 Å². The number of aromatic hydroxyl groups is 1. The number of H-pyrrole nitrogens is 1. The van der Waals surface area contributed by atoms with E-state index in [2.05, 4.69) is 28.5 Å². The number of phenols is 1. The summed E-state index contributed by atoms with van der Waals surface area (Å²) in [4.78, 5) is 41.5. The Balaban J connectivity index is 1.03. The average Bonchev–Trinajstić information content (AvgIpc) is 3.08. The number of nitrogens with zero attached hydrogens (tertiary/aromatic N) is 1. The van der Waals surface area contributed by atoms with Crippen LogP contribution >= 0.6 is 0 Å². The number of anilines is 1. The van der Waals surface area contributed by atoms with E-state index in [1.54, 1.807) is 12.1 Å². The number of carbonyl (C=O) groups is 2. The van der Waals surface area contributed by atoms with Crippen molar-refractivity contribution in [2.75, 3.05) is 18.0 Å². The van der Waals surface area contributed by atoms with Crippen molar-refractivity contribution < 1.29 is 24.9 Å². The van der Waals surface area contributed by atoms with Gasteiger partial charge in [-0.15, -0.1) is 0 Å². The first kappa shape index (κ1) is 32.5. The summed E-state index contributed by atoms with van der Waals surface area (Å²) in [5.41, 5.74) is 5.05. The summed E-state index contributed by atoms with van der Waals surface area (Å²) in [6.45, 7) is 1.45. The summed E-state index contributed by atoms with van der Waals surface area (Å²) in [6, 6.07) is 20.4. The van der Waals surface area contributed by atoms with E-state index in [1.807, 2.05) is 29.2 Å². The lowest BCUT2D eigenvalue weighted by atomic mass is 9.69. The van der Waals surface area contributed by atoms with Gasteiger partial charge in [-0.2, -0.15) is 0 Å². The molecular weight excluding hydrogens is 594 g/mol. The molecule has 1 amide bonds. The largest absolute Gasteiger partial charge is 0.506 e. The van der Waals surface area contributed by atoms with Gasteiger partial charge in [0, 0.05) is 43.2 Å². The van der Waals surface area contributed by atoms with Gasteiger partial charge in [-0.1, -0.05) is 61.7 Å². The average molecular weight is 638 g/mol. The van der Waals surface area contributed by atoms with E-state index in [4.69, 9.17) is 0 Å². The zero-order chi connectivity index (χ0) is 33.0. The van der Waals surface area contributed by atoms with Gasteiger partial charge >= 0.3 is 5.97 Å². The number of pyridine rings is 1. The van der Waals surface area contributed by atoms with Crippen LogP contribution in [0.2, 0.25) is 0 Å². The number of aliphatic hydroxyl groups is 1. The number of aryl methyl sites for hydroxylation is 2. The maximum absolute atomic E-state index is 12.9. The van der Waals surface area contributed by atoms with Crippen molar-refractivity contribution in [1.29, 1.82) is 0 Å². The maximum atomic E-state index is 12.9. The molecule has 1 saturated carbocycles. The van der Waals surface area contributed by atoms with E-state index in [-0.39, 0.29) is 23.8 Å². The van der Waals surface area contributed by atoms with Crippen LogP contribution in [0.25, 0.3) is 10.9 Å². The highest BCUT2D eigenvalue weighted by molar-refractivity contribution is 5.96. The summed E-state index contributed by atoms with van der Waals surface area (Å²) in [5.74, 6) is -0.620. The Kier molecular flexibility index (Phi) is 9.75. The highest BCUT2D eigenvalue weighted by Gasteiger charge is 2.41. The van der Waals surface area contributed by atoms with Crippen LogP contribution in [0.15, 0.2) is 71.5 Å². The lowest BCUT2D eigenvalue weighted by molar-refractivity contribution is -0.145. The number of aromatic nitrogens is 1. The number of rotatable bonds is 12. The van der Waals surface area contributed by atoms with Crippen molar-refractivity contribution in [3.63, 3.8) is 0 Å². The van der Waals surface area contributed by atoms with Crippen molar-refractivity contribution in [3.05, 3.63) is 105 Å². The van der Waals surface area contributed by atoms with E-state index in [0.717, 1.165) is 66.5 Å². The number of carboxylic acids is 1. The Morgan fingerprint density at radius 3 is 2.57 bits per heavy atom. The Morgan fingerprint density at radius 2 is 1.77 bits per heavy atom. The van der Waals surface area contributed by atoms with Gasteiger partial charge in [0.25, 0.3) is 0 Å². The van der Waals surface area contributed by atoms with Gasteiger partial charge in [-0.25, -0.2) is 0 Å². The Morgan fingerprint density at radius 1 is 0.936 bits per heavy atom. The number of hydrogen-bond acceptors (Lipinski definition) is 6. The van der Waals surface area contributed by atoms with Crippen LogP contribution < -0.4 is 15.8 Å². The third-order valence-corrected chi connectivity index (χ3v) is 9.97. The summed E-state index contributed by atoms with van der Waals surface area (Å²) in [6.07, 6.45) is 7.30. The smallest absolute Gasteiger partial charge is 0.314 e. The molecule has 47 heavy (non-hydrogen) atoms. The van der Waals surface area contributed by atoms with Crippen LogP contribution in [-0.2, 0) is 34.4 Å². The van der Waals surface area contributed by atoms with Gasteiger partial charge in [0.05, 0.1) is 17.0 Å². The number of phenolic OH excluding ortho intramolecular Hbond substituents is 1. The number of aliphatic hydroxyl groups excluding tert-OH is 1. The molecule has 0 saturated heterocycles. The van der Waals surface area contributed by atoms with Crippen LogP contribution in [0.1, 0.15) is 85.3 Å². The normalized spacial score (nSPS) is 16.6. The number of unbranched alkanes of at least 4 members (excludes halogenated alkanes) is 1. The number of carboxylic acid groups (broad SMARTS) is 1. The fourth-order valence-corrected chi connectivity index (χ4v) is 7.39. The van der Waals surface area contributed by atoms with Crippen molar-refractivity contribution in [3.8, 4) is 5.75 Å². The minimum Gasteiger partial charge on any atom is -0.506 e. The number of aromatic amines is 1. The molecule has 3 aromatic carbocycles. The molecule has 2 aliphatic rings. The predicted octanol–water partition coefficient (Wildman–Crippen LogP) is 5.65. The lowest BCUT2D eigenvalue weighted by Gasteiger charge is -2.34. The molecular formula is C38H43N3O6. The van der Waals surface area contributed by atoms with Gasteiger partial charge in [0.1, 0.15) is 5.75 Å². The van der Waals surface area contributed by atoms with Crippen LogP contribution in [0, 0.1) is 0 Å². The Labute approximate surface area is 274 Å². The second-order valence-corrected chi connectivity index (χ2v) is 13.0. The molecule has 0 spiro atoms. The number of amides is 1. The molecule has 5 N–H and O–H groups in total. The molecule has 0 radical (unpaired) electrons. The molecule has 6 rings (SSSR count). The van der Waals surface area contributed by atoms with E-state index in [0.29, 0.717) is 55.2 Å². The van der Waals surface area contributed by atoms with E-state index in [1.165, 1.54) is 12.1 Å². The molecule has 1 atom stereocenters. The number of nitrogens with one attached hydrogen (secondary N) is 2. The minimum absolute atomic E-state index is 0.0432. The van der Waals surface area contributed by atoms with E-state index < -0.39 is 17.5 Å². The first-order chi connectivity index (χ1) is 22.7. The van der Waals surface area contributed by atoms with Gasteiger partial charge in [0.15, 0.2) is 0 Å². The molecule has 1 fully saturated rings. The summed E-state index contributed by atoms with van der Waals surface area (Å²) in [5, 5.41) is 35.0. The minimum atomic E-state index is -0.845. The molecule has 1 aliphatic heterocycles. The standard InChI is InChI=1S/C38H43N3O6/c42-32-15-12-29(30-13-16-34(44)40-36(30)32)33(43)24-39-23-26-10-14-31-27(21-26)11-17-35(45)41(31)20-5-2-7-25-8-6-9-28(22-25)38(37(46)47)18-3-1-4-19-38/h6,8-10,12-16,21-22,33,39,42-43H,1-5,7,11,17-20,23-24H2,(H,40,44)(H,46,47). The molecule has 246 valence electrons. The van der Waals surface area contributed by atoms with Crippen molar-refractivity contribution in [1.82, 2.24) is 10.3 Å². The SMILES string of the molecule is O=C1CCc2cc(CNCC(O)c3ccc(O)c4[nH]c(=O)ccc34)ccc2N1CCCCc1cccc(C2(C(=O)O)CCCCC2)c1. The zero-order valence-electron chi connectivity index (χ0n) is 26.6. The van der Waals surface area contributed by atoms with Crippen LogP contribution in [0.4, 0.5) is 5.69 Å². The van der Waals surface area contributed by atoms with E-state index in [9.17, 15) is 29.7 Å². The Bertz CT molecular complexity index is 1830. The first-order valence-corrected chi connectivity index (χ1v) is 16.7. The molecule has 2 heterocycles. The highest BCUT2D eigenvalue weighted by atomic mass is 16.4. The van der Waals surface area contributed by atoms with Crippen LogP contribution in [-0.4, -0.2) is 45.3 Å². The number of aliphatic carboxylic acids is 1. The van der Waals surface area contributed by atoms with Gasteiger partial charge in [-0.05, 0) is 84.5 Å². The van der Waals surface area contributed by atoms with Gasteiger partial charge in [-0.3, -0.25) is 14.4 Å². The monoisotopic (exact) mass is 637 g/mol. The Hall–Kier alpha value is -4.47. The van der Waals surface area contributed by atoms with Crippen LogP contribution in [0.5, 0.6) is 5.75 Å². The maximum Gasteiger partial charge on any atom is 0.314 e. The predicted molar refractivity (Wildman–Crippen MR) is 182 cm³/mol. The van der Waals surface area contributed by atoms with Crippen molar-refractivity contribution >= 4 is 28.5 Å². The molecule has 9 heteroatoms. The lowest BCUT2D eigenvalue weighted by Crippen LogP contribution is -2.37. The molecule has 0 bridgehead atoms. The molecule has 4 aromatic rings. The summed E-state index contributed by atoms with van der Waals surface area (Å²) < 4.78 is 0. The second-order valence-electron chi connectivity index (χ2n) is 13.0. The van der Waals surface area contributed by atoms with Gasteiger partial charge < -0.3 is 30.5 Å². The highest BCUT2D eigenvalue weighted by Crippen LogP contribution is 2.40. The summed E-state index contributed by atoms with van der Waals surface area (Å²) in [7, 11) is 0. The third kappa shape index (κ3) is 6.96. The molecule has 1 unspecified atom stereocenters. The third-order valence-electron chi connectivity index (χ3n) is 9.97. The fourth-order valence-electron chi connectivity index (χ4n) is 7.39. The number of benzene rings is 3. The quantitative estimate of drug-likeness (QED) is 0.126. The van der Waals surface area contributed by atoms with Crippen molar-refractivity contribution in [2.24, 2.45) is 0 Å². The topological polar surface area (TPSA) is 143 Å². The molecule has 1 aromatic heterocycles. The number of carbonyl (C=O) groups excluding carboxylic acids is 1. The number of fused-ring (bicyclic) bond motifs is 2. The molecule has 1 aliphatic carbocycles. The van der Waals surface area contributed by atoms with Crippen molar-refractivity contribution in [2.45, 2.75) is 82.3 Å².